The van der Waals surface area contributed by atoms with Crippen LogP contribution in [0.25, 0.3) is 99.2 Å². The van der Waals surface area contributed by atoms with E-state index in [0.29, 0.717) is 18.8 Å². The molecule has 0 radical (unpaired) electrons. The van der Waals surface area contributed by atoms with Crippen LogP contribution in [0.2, 0.25) is 0 Å². The van der Waals surface area contributed by atoms with E-state index in [1.165, 1.54) is 101 Å². The van der Waals surface area contributed by atoms with Crippen LogP contribution in [0.5, 0.6) is 0 Å². The maximum absolute atomic E-state index is 14.7. The van der Waals surface area contributed by atoms with Gasteiger partial charge < -0.3 is 28.9 Å². The number of esters is 1. The Kier molecular flexibility index (Phi) is 17.9. The number of nitrogens with zero attached hydrogens (tertiary/aromatic N) is 3. The summed E-state index contributed by atoms with van der Waals surface area (Å²) in [6, 6.07) is 97.9. The second-order valence-electron chi connectivity index (χ2n) is 27.0. The highest BCUT2D eigenvalue weighted by Crippen LogP contribution is 2.57. The van der Waals surface area contributed by atoms with Gasteiger partial charge in [0.25, 0.3) is 0 Å². The fourth-order valence-corrected chi connectivity index (χ4v) is 25.8. The summed E-state index contributed by atoms with van der Waals surface area (Å²) in [5, 5.41) is 8.14. The first-order valence-corrected chi connectivity index (χ1v) is 42.9. The maximum atomic E-state index is 14.7. The fourth-order valence-electron chi connectivity index (χ4n) is 15.1. The van der Waals surface area contributed by atoms with E-state index in [1.54, 1.807) is 11.8 Å². The molecular formula is C90H61N5O4S9. The predicted molar refractivity (Wildman–Crippen MR) is 449 cm³/mol. The van der Waals surface area contributed by atoms with Crippen molar-refractivity contribution in [2.24, 2.45) is 5.41 Å². The minimum absolute atomic E-state index is 0.0226. The molecule has 0 fully saturated rings. The molecule has 0 spiro atoms. The number of amides is 1. The summed E-state index contributed by atoms with van der Waals surface area (Å²) in [7, 11) is 0. The molecule has 20 rings (SSSR count). The summed E-state index contributed by atoms with van der Waals surface area (Å²) in [5.41, 5.74) is 14.3. The summed E-state index contributed by atoms with van der Waals surface area (Å²) in [4.78, 5) is 55.9. The van der Waals surface area contributed by atoms with Gasteiger partial charge in [0, 0.05) is 152 Å². The summed E-state index contributed by atoms with van der Waals surface area (Å²) in [5.74, 6) is -0.121. The highest BCUT2D eigenvalue weighted by molar-refractivity contribution is 8.06. The molecule has 4 aliphatic heterocycles. The molecule has 0 saturated heterocycles. The molecule has 2 N–H and O–H groups in total. The smallest absolute Gasteiger partial charge is 0.407 e. The quantitative estimate of drug-likeness (QED) is 0.0391. The van der Waals surface area contributed by atoms with Gasteiger partial charge in [0.05, 0.1) is 17.6 Å². The third-order valence-electron chi connectivity index (χ3n) is 20.2. The third kappa shape index (κ3) is 12.6. The number of alkyl carbamates (subject to hydrolysis) is 1. The Bertz CT molecular complexity index is 5750. The van der Waals surface area contributed by atoms with E-state index in [9.17, 15) is 9.59 Å². The van der Waals surface area contributed by atoms with E-state index >= 15 is 0 Å². The summed E-state index contributed by atoms with van der Waals surface area (Å²) in [6.07, 6.45) is 0.496. The van der Waals surface area contributed by atoms with E-state index < -0.39 is 17.5 Å². The number of carbonyl (C=O) groups excluding carboxylic acids is 2. The van der Waals surface area contributed by atoms with Crippen molar-refractivity contribution in [3.8, 4) is 44.5 Å². The number of imidazole rings is 1. The molecule has 0 bridgehead atoms. The van der Waals surface area contributed by atoms with Gasteiger partial charge in [-0.05, 0) is 178 Å². The molecule has 0 saturated carbocycles. The van der Waals surface area contributed by atoms with Gasteiger partial charge in [0.1, 0.15) is 13.2 Å². The number of aromatic amines is 1. The second kappa shape index (κ2) is 28.5. The van der Waals surface area contributed by atoms with Gasteiger partial charge in [-0.15, -0.1) is 0 Å². The van der Waals surface area contributed by atoms with Crippen molar-refractivity contribution in [1.29, 1.82) is 0 Å². The first-order valence-electron chi connectivity index (χ1n) is 35.4. The van der Waals surface area contributed by atoms with Gasteiger partial charge in [-0.1, -0.05) is 246 Å². The number of hydrogen-bond donors (Lipinski definition) is 2. The molecule has 4 aliphatic rings. The monoisotopic (exact) mass is 1560 g/mol. The molecule has 18 heteroatoms. The van der Waals surface area contributed by atoms with Crippen molar-refractivity contribution in [2.75, 3.05) is 25.5 Å². The predicted octanol–water partition coefficient (Wildman–Crippen LogP) is 25.8. The maximum Gasteiger partial charge on any atom is 0.407 e. The average molecular weight is 1570 g/mol. The normalized spacial score (nSPS) is 13.3. The van der Waals surface area contributed by atoms with Crippen molar-refractivity contribution in [3.63, 3.8) is 0 Å². The van der Waals surface area contributed by atoms with E-state index in [2.05, 4.69) is 275 Å². The lowest BCUT2D eigenvalue weighted by atomic mass is 9.90. The second-order valence-corrected chi connectivity index (χ2v) is 36.5. The lowest BCUT2D eigenvalue weighted by Crippen LogP contribution is -2.41. The van der Waals surface area contributed by atoms with Crippen molar-refractivity contribution >= 4 is 173 Å². The highest BCUT2D eigenvalue weighted by Gasteiger charge is 2.38. The number of ether oxygens (including phenoxy) is 2. The Morgan fingerprint density at radius 2 is 0.759 bits per heavy atom. The lowest BCUT2D eigenvalue weighted by Gasteiger charge is -2.35. The zero-order chi connectivity index (χ0) is 72.0. The first-order chi connectivity index (χ1) is 53.2. The van der Waals surface area contributed by atoms with Gasteiger partial charge in [-0.2, -0.15) is 0 Å². The number of carbonyl (C=O) groups is 2. The molecule has 108 heavy (non-hydrogen) atoms. The Morgan fingerprint density at radius 1 is 0.417 bits per heavy atom. The van der Waals surface area contributed by atoms with Gasteiger partial charge in [0.2, 0.25) is 0 Å². The van der Waals surface area contributed by atoms with Crippen molar-refractivity contribution in [1.82, 2.24) is 24.4 Å². The van der Waals surface area contributed by atoms with Crippen molar-refractivity contribution in [3.05, 3.63) is 280 Å². The van der Waals surface area contributed by atoms with Crippen LogP contribution in [0, 0.1) is 5.41 Å². The zero-order valence-corrected chi connectivity index (χ0v) is 64.9. The molecule has 1 amide bonds. The number of hydrogen-bond acceptors (Lipinski definition) is 14. The molecule has 7 heterocycles. The minimum atomic E-state index is -0.929. The van der Waals surface area contributed by atoms with Crippen LogP contribution >= 0.6 is 106 Å². The topological polar surface area (TPSA) is 103 Å². The van der Waals surface area contributed by atoms with Crippen LogP contribution in [0.15, 0.2) is 363 Å². The Labute approximate surface area is 661 Å². The Hall–Kier alpha value is -9.44. The van der Waals surface area contributed by atoms with Crippen LogP contribution in [0.4, 0.5) is 4.79 Å². The number of thioether (sulfide) groups is 1. The number of nitrogens with one attached hydrogen (secondary N) is 2. The molecule has 13 aromatic carbocycles. The molecule has 0 atom stereocenters. The molecule has 16 aromatic rings. The number of H-pyrrole nitrogens is 1. The molecule has 0 unspecified atom stereocenters. The van der Waals surface area contributed by atoms with Gasteiger partial charge in [-0.25, -0.2) is 14.6 Å². The summed E-state index contributed by atoms with van der Waals surface area (Å²) < 4.78 is 17.1. The largest absolute Gasteiger partial charge is 0.461 e. The zero-order valence-electron chi connectivity index (χ0n) is 57.6. The van der Waals surface area contributed by atoms with Crippen LogP contribution in [-0.2, 0) is 27.4 Å². The summed E-state index contributed by atoms with van der Waals surface area (Å²) in [6.45, 7) is 4.33. The lowest BCUT2D eigenvalue weighted by molar-refractivity contribution is -0.137. The Morgan fingerprint density at radius 3 is 1.12 bits per heavy atom. The third-order valence-corrected chi connectivity index (χ3v) is 31.9. The van der Waals surface area contributed by atoms with E-state index in [1.807, 2.05) is 112 Å². The number of para-hydroxylation sites is 2. The number of aromatic nitrogens is 4. The van der Waals surface area contributed by atoms with Crippen LogP contribution in [0.3, 0.4) is 0 Å². The highest BCUT2D eigenvalue weighted by atomic mass is 32.2. The number of benzene rings is 13. The van der Waals surface area contributed by atoms with Crippen LogP contribution < -0.4 is 5.32 Å². The first kappa shape index (κ1) is 67.9. The SMILES string of the molecule is C=CC(=O)OCCNC(=O)OCC(CSc1nc2ccccc2[nH]1)(Cn1c2ccc(-c3cccc4c3Sc3ccccc3S4)cc2c2cc(-c3cccc4c3Sc3ccccc3S4)ccc21)Cn1c2ccc(-c3cccc4c3Sc3ccccc3S4)cc2c2cc(-c3cccc4c3Sc3ccccc3S4)ccc21. The number of fused-ring (bicyclic) bond motifs is 15. The standard InChI is InChI=1S/C90H61N5O4S9/c1-2-83(96)98-44-43-91-89(97)99-51-90(52-100-88-92-65-21-3-4-22-66(65)93-88,49-94-67-39-35-53(57-17-13-31-79-84(57)105-75-27-9-5-23-71(75)101-79)45-61(67)62-46-54(36-40-68(62)94)58-18-14-32-80-85(58)106-76-28-10-6-24-72(76)102-80)50-95-69-41-37-55(59-19-15-33-81-86(59)107-77-29-11-7-25-73(77)103-81)47-63(69)64-48-56(38-42-70(64)95)60-20-16-34-82-87(60)108-78-30-12-8-26-74(78)104-82/h2-42,45-48H,1,43-44,49-52H2,(H,91,97)(H,92,93). The molecule has 9 nitrogen and oxygen atoms in total. The van der Waals surface area contributed by atoms with Crippen LogP contribution in [0.1, 0.15) is 0 Å². The fraction of sp³-hybridized carbons (Fsp3) is 0.0778. The van der Waals surface area contributed by atoms with Gasteiger partial charge in [-0.3, -0.25) is 0 Å². The molecule has 3 aromatic heterocycles. The Balaban J connectivity index is 0.788. The minimum Gasteiger partial charge on any atom is -0.461 e. The van der Waals surface area contributed by atoms with E-state index in [-0.39, 0.29) is 19.8 Å². The van der Waals surface area contributed by atoms with Gasteiger partial charge in [0.15, 0.2) is 5.16 Å². The van der Waals surface area contributed by atoms with Gasteiger partial charge >= 0.3 is 12.1 Å². The van der Waals surface area contributed by atoms with Crippen molar-refractivity contribution < 1.29 is 19.1 Å². The average Bonchev–Trinajstić information content (AvgIpc) is 1.58. The van der Waals surface area contributed by atoms with Crippen molar-refractivity contribution in [2.45, 2.75) is 96.6 Å². The van der Waals surface area contributed by atoms with E-state index in [0.717, 1.165) is 88.1 Å². The van der Waals surface area contributed by atoms with E-state index in [4.69, 9.17) is 14.5 Å². The van der Waals surface area contributed by atoms with Crippen LogP contribution in [-0.4, -0.2) is 56.7 Å². The summed E-state index contributed by atoms with van der Waals surface area (Å²) >= 11 is 16.4. The molecule has 0 aliphatic carbocycles. The number of rotatable bonds is 17. The molecular weight excluding hydrogens is 1500 g/mol. The molecule has 524 valence electrons.